The van der Waals surface area contributed by atoms with E-state index in [0.29, 0.717) is 12.0 Å². The van der Waals surface area contributed by atoms with Crippen LogP contribution in [0.5, 0.6) is 5.75 Å². The lowest BCUT2D eigenvalue weighted by atomic mass is 9.50. The van der Waals surface area contributed by atoms with E-state index in [-0.39, 0.29) is 0 Å². The molecule has 4 fully saturated rings. The molecule has 0 spiro atoms. The summed E-state index contributed by atoms with van der Waals surface area (Å²) in [5.74, 6) is 4.71. The topological polar surface area (TPSA) is 32.7 Å². The summed E-state index contributed by atoms with van der Waals surface area (Å²) in [6, 6.07) is 8.95. The second-order valence-electron chi connectivity index (χ2n) is 10.9. The van der Waals surface area contributed by atoms with Crippen molar-refractivity contribution >= 4 is 0 Å². The predicted octanol–water partition coefficient (Wildman–Crippen LogP) is 5.02. The van der Waals surface area contributed by atoms with Gasteiger partial charge in [0.05, 0.1) is 0 Å². The SMILES string of the molecule is CC1CCN(CC(O)COc2ccc(C34CCC5CCC(CC5C3)C4)cc2)CC1. The number of benzene rings is 1. The fraction of sp³-hybridized carbons (Fsp3) is 0.769. The van der Waals surface area contributed by atoms with E-state index in [1.165, 1.54) is 57.8 Å². The van der Waals surface area contributed by atoms with Crippen LogP contribution in [0.4, 0.5) is 0 Å². The Morgan fingerprint density at radius 2 is 1.83 bits per heavy atom. The van der Waals surface area contributed by atoms with Crippen LogP contribution in [-0.2, 0) is 5.41 Å². The average Bonchev–Trinajstić information content (AvgIpc) is 2.73. The van der Waals surface area contributed by atoms with Gasteiger partial charge < -0.3 is 14.7 Å². The first-order chi connectivity index (χ1) is 14.1. The van der Waals surface area contributed by atoms with Gasteiger partial charge in [0.25, 0.3) is 0 Å². The molecule has 1 aliphatic heterocycles. The van der Waals surface area contributed by atoms with Crippen LogP contribution in [-0.4, -0.2) is 42.4 Å². The van der Waals surface area contributed by atoms with Gasteiger partial charge in [-0.3, -0.25) is 0 Å². The molecule has 1 heterocycles. The predicted molar refractivity (Wildman–Crippen MR) is 117 cm³/mol. The maximum Gasteiger partial charge on any atom is 0.119 e. The number of hydrogen-bond donors (Lipinski definition) is 1. The molecule has 29 heavy (non-hydrogen) atoms. The van der Waals surface area contributed by atoms with Gasteiger partial charge in [-0.1, -0.05) is 25.5 Å². The summed E-state index contributed by atoms with van der Waals surface area (Å²) in [6.45, 7) is 5.67. The van der Waals surface area contributed by atoms with Gasteiger partial charge in [0, 0.05) is 6.54 Å². The van der Waals surface area contributed by atoms with Crippen LogP contribution in [0.2, 0.25) is 0 Å². The summed E-state index contributed by atoms with van der Waals surface area (Å²) >= 11 is 0. The van der Waals surface area contributed by atoms with Crippen LogP contribution < -0.4 is 4.74 Å². The Bertz CT molecular complexity index is 676. The number of nitrogens with zero attached hydrogens (tertiary/aromatic N) is 1. The van der Waals surface area contributed by atoms with Crippen LogP contribution in [0.1, 0.15) is 70.3 Å². The summed E-state index contributed by atoms with van der Waals surface area (Å²) in [6.07, 6.45) is 12.2. The Hall–Kier alpha value is -1.06. The lowest BCUT2D eigenvalue weighted by molar-refractivity contribution is 0.00959. The summed E-state index contributed by atoms with van der Waals surface area (Å²) in [4.78, 5) is 2.38. The minimum Gasteiger partial charge on any atom is -0.491 e. The molecule has 0 aromatic heterocycles. The first-order valence-electron chi connectivity index (χ1n) is 12.2. The Balaban J connectivity index is 1.16. The van der Waals surface area contributed by atoms with E-state index in [0.717, 1.165) is 49.1 Å². The van der Waals surface area contributed by atoms with Crippen molar-refractivity contribution < 1.29 is 9.84 Å². The standard InChI is InChI=1S/C26H39NO2/c1-19-9-12-27(13-10-19)17-24(28)18-29-25-6-4-23(5-7-25)26-11-8-21-3-2-20(15-26)14-22(21)16-26/h4-7,19-22,24,28H,2-3,8-18H2,1H3. The molecule has 5 rings (SSSR count). The van der Waals surface area contributed by atoms with Crippen molar-refractivity contribution in [3.8, 4) is 5.75 Å². The smallest absolute Gasteiger partial charge is 0.119 e. The van der Waals surface area contributed by atoms with Gasteiger partial charge in [-0.25, -0.2) is 0 Å². The van der Waals surface area contributed by atoms with Gasteiger partial charge >= 0.3 is 0 Å². The highest BCUT2D eigenvalue weighted by Gasteiger charge is 2.49. The second kappa shape index (κ2) is 8.23. The number of hydrogen-bond acceptors (Lipinski definition) is 3. The molecule has 5 atom stereocenters. The Morgan fingerprint density at radius 3 is 2.62 bits per heavy atom. The summed E-state index contributed by atoms with van der Waals surface area (Å²) in [7, 11) is 0. The molecule has 1 aromatic rings. The molecular formula is C26H39NO2. The van der Waals surface area contributed by atoms with E-state index >= 15 is 0 Å². The Morgan fingerprint density at radius 1 is 1.03 bits per heavy atom. The van der Waals surface area contributed by atoms with Crippen LogP contribution in [0.3, 0.4) is 0 Å². The minimum atomic E-state index is -0.408. The number of β-amino-alcohol motifs (C(OH)–C–C–N with tert-alkyl or cyclic N) is 1. The van der Waals surface area contributed by atoms with Crippen molar-refractivity contribution in [3.05, 3.63) is 29.8 Å². The lowest BCUT2D eigenvalue weighted by Gasteiger charge is -2.55. The summed E-state index contributed by atoms with van der Waals surface area (Å²) < 4.78 is 5.95. The number of piperidine rings is 1. The fourth-order valence-electron chi connectivity index (χ4n) is 7.12. The van der Waals surface area contributed by atoms with Crippen molar-refractivity contribution in [2.24, 2.45) is 23.7 Å². The van der Waals surface area contributed by atoms with Crippen molar-refractivity contribution in [1.82, 2.24) is 4.90 Å². The first-order valence-corrected chi connectivity index (χ1v) is 12.2. The van der Waals surface area contributed by atoms with E-state index < -0.39 is 6.10 Å². The van der Waals surface area contributed by atoms with Crippen molar-refractivity contribution in [2.45, 2.75) is 76.2 Å². The third-order valence-electron chi connectivity index (χ3n) is 8.83. The molecule has 5 unspecified atom stereocenters. The third kappa shape index (κ3) is 4.23. The molecule has 3 saturated carbocycles. The maximum absolute atomic E-state index is 10.4. The highest BCUT2D eigenvalue weighted by molar-refractivity contribution is 5.34. The Labute approximate surface area is 176 Å². The van der Waals surface area contributed by atoms with Gasteiger partial charge in [-0.05, 0) is 111 Å². The zero-order chi connectivity index (χ0) is 19.8. The molecule has 1 saturated heterocycles. The summed E-state index contributed by atoms with van der Waals surface area (Å²) in [5, 5.41) is 10.4. The number of aliphatic hydroxyl groups is 1. The number of rotatable bonds is 6. The van der Waals surface area contributed by atoms with E-state index in [1.807, 2.05) is 0 Å². The molecule has 0 amide bonds. The van der Waals surface area contributed by atoms with Crippen LogP contribution in [0, 0.1) is 23.7 Å². The highest BCUT2D eigenvalue weighted by Crippen LogP contribution is 2.59. The molecular weight excluding hydrogens is 358 g/mol. The monoisotopic (exact) mass is 397 g/mol. The molecule has 160 valence electrons. The third-order valence-corrected chi connectivity index (χ3v) is 8.83. The van der Waals surface area contributed by atoms with Crippen molar-refractivity contribution in [1.29, 1.82) is 0 Å². The quantitative estimate of drug-likeness (QED) is 0.732. The van der Waals surface area contributed by atoms with E-state index in [1.54, 1.807) is 5.56 Å². The molecule has 3 nitrogen and oxygen atoms in total. The highest BCUT2D eigenvalue weighted by atomic mass is 16.5. The first kappa shape index (κ1) is 19.9. The van der Waals surface area contributed by atoms with Crippen molar-refractivity contribution in [2.75, 3.05) is 26.2 Å². The van der Waals surface area contributed by atoms with Crippen LogP contribution in [0.25, 0.3) is 0 Å². The molecule has 1 N–H and O–H groups in total. The van der Waals surface area contributed by atoms with Gasteiger partial charge in [0.1, 0.15) is 18.5 Å². The fourth-order valence-corrected chi connectivity index (χ4v) is 7.12. The normalized spacial score (nSPS) is 36.1. The largest absolute Gasteiger partial charge is 0.491 e. The molecule has 1 aromatic carbocycles. The number of ether oxygens (including phenoxy) is 1. The number of fused-ring (bicyclic) bond motifs is 2. The average molecular weight is 398 g/mol. The zero-order valence-corrected chi connectivity index (χ0v) is 18.2. The maximum atomic E-state index is 10.4. The molecule has 3 heteroatoms. The van der Waals surface area contributed by atoms with Crippen LogP contribution in [0.15, 0.2) is 24.3 Å². The molecule has 4 aliphatic rings. The number of aliphatic hydroxyl groups excluding tert-OH is 1. The van der Waals surface area contributed by atoms with E-state index in [4.69, 9.17) is 4.74 Å². The minimum absolute atomic E-state index is 0.391. The zero-order valence-electron chi connectivity index (χ0n) is 18.2. The van der Waals surface area contributed by atoms with Crippen molar-refractivity contribution in [3.63, 3.8) is 0 Å². The second-order valence-corrected chi connectivity index (χ2v) is 10.9. The van der Waals surface area contributed by atoms with E-state index in [9.17, 15) is 5.11 Å². The molecule has 3 aliphatic carbocycles. The lowest BCUT2D eigenvalue weighted by Crippen LogP contribution is -2.46. The Kier molecular flexibility index (Phi) is 5.64. The summed E-state index contributed by atoms with van der Waals surface area (Å²) in [5.41, 5.74) is 1.98. The van der Waals surface area contributed by atoms with Gasteiger partial charge in [0.2, 0.25) is 0 Å². The van der Waals surface area contributed by atoms with Gasteiger partial charge in [0.15, 0.2) is 0 Å². The van der Waals surface area contributed by atoms with Gasteiger partial charge in [-0.15, -0.1) is 0 Å². The molecule has 3 bridgehead atoms. The molecule has 0 radical (unpaired) electrons. The van der Waals surface area contributed by atoms with Gasteiger partial charge in [-0.2, -0.15) is 0 Å². The number of likely N-dealkylation sites (tertiary alicyclic amines) is 1. The van der Waals surface area contributed by atoms with E-state index in [2.05, 4.69) is 36.1 Å². The van der Waals surface area contributed by atoms with Crippen LogP contribution >= 0.6 is 0 Å².